The van der Waals surface area contributed by atoms with E-state index in [1.54, 1.807) is 18.2 Å². The van der Waals surface area contributed by atoms with Crippen molar-refractivity contribution < 1.29 is 14.3 Å². The molecule has 0 aromatic heterocycles. The highest BCUT2D eigenvalue weighted by molar-refractivity contribution is 6.35. The molecule has 1 unspecified atom stereocenters. The van der Waals surface area contributed by atoms with Crippen molar-refractivity contribution in [2.75, 3.05) is 13.1 Å². The number of likely N-dealkylation sites (tertiary alicyclic amines) is 1. The topological polar surface area (TPSA) is 58.6 Å². The number of rotatable bonds is 7. The highest BCUT2D eigenvalue weighted by Gasteiger charge is 2.24. The minimum atomic E-state index is -0.625. The molecular formula is C21H24Cl2N2O3. The smallest absolute Gasteiger partial charge is 0.261 e. The fourth-order valence-corrected chi connectivity index (χ4v) is 3.77. The highest BCUT2D eigenvalue weighted by Crippen LogP contribution is 2.29. The first-order valence-corrected chi connectivity index (χ1v) is 10.3. The first kappa shape index (κ1) is 20.7. The van der Waals surface area contributed by atoms with Gasteiger partial charge in [-0.3, -0.25) is 9.59 Å². The molecule has 1 aromatic carbocycles. The summed E-state index contributed by atoms with van der Waals surface area (Å²) in [7, 11) is 0. The number of ether oxygens (including phenoxy) is 1. The van der Waals surface area contributed by atoms with Gasteiger partial charge in [-0.25, -0.2) is 0 Å². The van der Waals surface area contributed by atoms with Crippen LogP contribution in [0.25, 0.3) is 0 Å². The van der Waals surface area contributed by atoms with Crippen molar-refractivity contribution in [3.63, 3.8) is 0 Å². The molecule has 0 radical (unpaired) electrons. The number of carbonyl (C=O) groups excluding carboxylic acids is 2. The van der Waals surface area contributed by atoms with Crippen molar-refractivity contribution in [2.45, 2.75) is 38.7 Å². The lowest BCUT2D eigenvalue weighted by Crippen LogP contribution is -2.40. The van der Waals surface area contributed by atoms with Gasteiger partial charge in [0.1, 0.15) is 5.75 Å². The van der Waals surface area contributed by atoms with E-state index in [2.05, 4.69) is 17.5 Å². The maximum Gasteiger partial charge on any atom is 0.261 e. The molecular weight excluding hydrogens is 399 g/mol. The van der Waals surface area contributed by atoms with E-state index in [1.165, 1.54) is 0 Å². The molecule has 1 fully saturated rings. The maximum absolute atomic E-state index is 12.5. The van der Waals surface area contributed by atoms with Gasteiger partial charge in [-0.15, -0.1) is 0 Å². The number of hydrogen-bond acceptors (Lipinski definition) is 3. The predicted molar refractivity (Wildman–Crippen MR) is 110 cm³/mol. The number of hydrogen-bond donors (Lipinski definition) is 1. The van der Waals surface area contributed by atoms with Crippen LogP contribution in [-0.2, 0) is 9.59 Å². The van der Waals surface area contributed by atoms with E-state index in [-0.39, 0.29) is 17.7 Å². The van der Waals surface area contributed by atoms with Gasteiger partial charge in [0.2, 0.25) is 5.91 Å². The Hall–Kier alpha value is -1.98. The first-order valence-electron chi connectivity index (χ1n) is 9.56. The summed E-state index contributed by atoms with van der Waals surface area (Å²) in [5.41, 5.74) is 0.970. The summed E-state index contributed by atoms with van der Waals surface area (Å²) in [5.74, 6) is 0.647. The largest absolute Gasteiger partial charge is 0.479 e. The summed E-state index contributed by atoms with van der Waals surface area (Å²) in [5, 5.41) is 3.85. The number of nitrogens with zero attached hydrogens (tertiary/aromatic N) is 1. The van der Waals surface area contributed by atoms with Crippen LogP contribution in [0.5, 0.6) is 5.75 Å². The zero-order valence-electron chi connectivity index (χ0n) is 15.8. The van der Waals surface area contributed by atoms with Crippen molar-refractivity contribution in [3.05, 3.63) is 52.2 Å². The Bertz CT molecular complexity index is 807. The van der Waals surface area contributed by atoms with Crippen LogP contribution >= 0.6 is 23.2 Å². The van der Waals surface area contributed by atoms with E-state index in [0.717, 1.165) is 25.1 Å². The third-order valence-corrected chi connectivity index (χ3v) is 5.45. The molecule has 1 N–H and O–H groups in total. The summed E-state index contributed by atoms with van der Waals surface area (Å²) in [6.07, 6.45) is 8.33. The van der Waals surface area contributed by atoms with Crippen LogP contribution in [-0.4, -0.2) is 35.9 Å². The molecule has 3 rings (SSSR count). The van der Waals surface area contributed by atoms with E-state index in [4.69, 9.17) is 27.9 Å². The Morgan fingerprint density at radius 3 is 2.82 bits per heavy atom. The average molecular weight is 423 g/mol. The van der Waals surface area contributed by atoms with Gasteiger partial charge in [-0.2, -0.15) is 0 Å². The Morgan fingerprint density at radius 1 is 1.39 bits per heavy atom. The Kier molecular flexibility index (Phi) is 7.03. The minimum absolute atomic E-state index is 0.175. The standard InChI is InChI=1S/C21H24Cl2N2O3/c1-2-18(28-19-10-7-15(22)12-17(19)23)21(27)24-13-14-5-8-16(9-6-14)25-11-3-4-20(25)26/h5,7-10,12,14,18H,2-4,6,11,13H2,1H3,(H,24,27)/t14?,18-/m0/s1. The number of carbonyl (C=O) groups is 2. The molecule has 2 amide bonds. The quantitative estimate of drug-likeness (QED) is 0.710. The monoisotopic (exact) mass is 422 g/mol. The van der Waals surface area contributed by atoms with Gasteiger partial charge in [-0.05, 0) is 49.5 Å². The summed E-state index contributed by atoms with van der Waals surface area (Å²) in [4.78, 5) is 26.2. The molecule has 7 heteroatoms. The molecule has 5 nitrogen and oxygen atoms in total. The molecule has 150 valence electrons. The van der Waals surface area contributed by atoms with Gasteiger partial charge in [0.05, 0.1) is 5.02 Å². The predicted octanol–water partition coefficient (Wildman–Crippen LogP) is 4.35. The molecule has 1 heterocycles. The van der Waals surface area contributed by atoms with Gasteiger partial charge >= 0.3 is 0 Å². The molecule has 2 aliphatic rings. The lowest BCUT2D eigenvalue weighted by molar-refractivity contribution is -0.128. The summed E-state index contributed by atoms with van der Waals surface area (Å²) in [6, 6.07) is 4.93. The van der Waals surface area contributed by atoms with E-state index in [0.29, 0.717) is 35.2 Å². The van der Waals surface area contributed by atoms with Crippen LogP contribution in [0.3, 0.4) is 0 Å². The van der Waals surface area contributed by atoms with E-state index < -0.39 is 6.10 Å². The molecule has 1 saturated heterocycles. The van der Waals surface area contributed by atoms with Crippen LogP contribution < -0.4 is 10.1 Å². The lowest BCUT2D eigenvalue weighted by atomic mass is 9.98. The van der Waals surface area contributed by atoms with Crippen molar-refractivity contribution in [1.82, 2.24) is 10.2 Å². The Morgan fingerprint density at radius 2 is 2.21 bits per heavy atom. The summed E-state index contributed by atoms with van der Waals surface area (Å²) in [6.45, 7) is 3.19. The third kappa shape index (κ3) is 5.09. The summed E-state index contributed by atoms with van der Waals surface area (Å²) >= 11 is 12.0. The summed E-state index contributed by atoms with van der Waals surface area (Å²) < 4.78 is 5.77. The number of allylic oxidation sites excluding steroid dienone is 2. The van der Waals surface area contributed by atoms with Crippen molar-refractivity contribution in [2.24, 2.45) is 5.92 Å². The second-order valence-electron chi connectivity index (χ2n) is 6.97. The molecule has 2 atom stereocenters. The van der Waals surface area contributed by atoms with Crippen molar-refractivity contribution in [3.8, 4) is 5.75 Å². The van der Waals surface area contributed by atoms with Crippen molar-refractivity contribution >= 4 is 35.0 Å². The van der Waals surface area contributed by atoms with Gasteiger partial charge in [-0.1, -0.05) is 42.3 Å². The molecule has 0 spiro atoms. The average Bonchev–Trinajstić information content (AvgIpc) is 3.12. The maximum atomic E-state index is 12.5. The van der Waals surface area contributed by atoms with E-state index >= 15 is 0 Å². The number of nitrogens with one attached hydrogen (secondary N) is 1. The van der Waals surface area contributed by atoms with Gasteiger partial charge in [0.15, 0.2) is 6.10 Å². The van der Waals surface area contributed by atoms with E-state index in [9.17, 15) is 9.59 Å². The van der Waals surface area contributed by atoms with Crippen molar-refractivity contribution in [1.29, 1.82) is 0 Å². The zero-order chi connectivity index (χ0) is 20.1. The molecule has 1 aromatic rings. The zero-order valence-corrected chi connectivity index (χ0v) is 17.3. The highest BCUT2D eigenvalue weighted by atomic mass is 35.5. The fourth-order valence-electron chi connectivity index (χ4n) is 3.32. The Balaban J connectivity index is 1.50. The normalized spacial score (nSPS) is 20.1. The van der Waals surface area contributed by atoms with Crippen LogP contribution in [0.15, 0.2) is 42.1 Å². The number of amides is 2. The fraction of sp³-hybridized carbons (Fsp3) is 0.429. The SMILES string of the molecule is CC[C@H](Oc1ccc(Cl)cc1Cl)C(=O)NCC1C=CC(N2CCCC2=O)=CC1. The minimum Gasteiger partial charge on any atom is -0.479 e. The number of benzene rings is 1. The molecule has 28 heavy (non-hydrogen) atoms. The van der Waals surface area contributed by atoms with Gasteiger partial charge < -0.3 is 15.0 Å². The van der Waals surface area contributed by atoms with Crippen LogP contribution in [0.4, 0.5) is 0 Å². The van der Waals surface area contributed by atoms with E-state index in [1.807, 2.05) is 17.9 Å². The third-order valence-electron chi connectivity index (χ3n) is 4.92. The molecule has 0 saturated carbocycles. The second kappa shape index (κ2) is 9.48. The van der Waals surface area contributed by atoms with Crippen LogP contribution in [0, 0.1) is 5.92 Å². The van der Waals surface area contributed by atoms with Gasteiger partial charge in [0, 0.05) is 30.2 Å². The number of halogens is 2. The second-order valence-corrected chi connectivity index (χ2v) is 7.81. The molecule has 1 aliphatic carbocycles. The molecule has 0 bridgehead atoms. The van der Waals surface area contributed by atoms with Crippen LogP contribution in [0.2, 0.25) is 10.0 Å². The van der Waals surface area contributed by atoms with Gasteiger partial charge in [0.25, 0.3) is 5.91 Å². The lowest BCUT2D eigenvalue weighted by Gasteiger charge is -2.23. The van der Waals surface area contributed by atoms with Crippen LogP contribution in [0.1, 0.15) is 32.6 Å². The first-order chi connectivity index (χ1) is 13.5. The molecule has 1 aliphatic heterocycles. The Labute approximate surface area is 175 Å².